The third-order valence-electron chi connectivity index (χ3n) is 4.69. The molecular formula is C19H17FN6O3. The summed E-state index contributed by atoms with van der Waals surface area (Å²) in [6.07, 6.45) is 1.59. The number of imidazole rings is 1. The van der Waals surface area contributed by atoms with Gasteiger partial charge in [0, 0.05) is 31.6 Å². The molecule has 0 aliphatic rings. The number of carboxylic acid groups (broad SMARTS) is 1. The Morgan fingerprint density at radius 2 is 2.07 bits per heavy atom. The van der Waals surface area contributed by atoms with E-state index >= 15 is 0 Å². The number of rotatable bonds is 4. The number of pyridine rings is 1. The highest BCUT2D eigenvalue weighted by Crippen LogP contribution is 2.33. The van der Waals surface area contributed by atoms with Gasteiger partial charge < -0.3 is 25.3 Å². The van der Waals surface area contributed by atoms with Crippen molar-refractivity contribution in [2.45, 2.75) is 6.54 Å². The first-order valence-corrected chi connectivity index (χ1v) is 8.70. The standard InChI is InChI=1S/C19H17FN6O3/c1-21-16-15-14(23-8-24-15)12-6-13(26(2)17(12)25-16)10-3-9(4-11(20)5-10)7-22-18(27)19(28)29/h3-6,8H,7H2,1-2H3,(H,21,25)(H,22,27)(H,23,24)(H,28,29). The molecule has 1 amide bonds. The summed E-state index contributed by atoms with van der Waals surface area (Å²) in [5.41, 5.74) is 3.90. The van der Waals surface area contributed by atoms with Crippen LogP contribution in [0, 0.1) is 5.82 Å². The van der Waals surface area contributed by atoms with E-state index in [0.29, 0.717) is 28.3 Å². The van der Waals surface area contributed by atoms with Crippen molar-refractivity contribution in [2.24, 2.45) is 7.05 Å². The lowest BCUT2D eigenvalue weighted by Gasteiger charge is -2.09. The van der Waals surface area contributed by atoms with Gasteiger partial charge in [-0.1, -0.05) is 0 Å². The molecule has 0 bridgehead atoms. The molecule has 1 aromatic carbocycles. The molecule has 0 aliphatic heterocycles. The highest BCUT2D eigenvalue weighted by atomic mass is 19.1. The maximum Gasteiger partial charge on any atom is 0.394 e. The molecule has 3 aromatic heterocycles. The van der Waals surface area contributed by atoms with E-state index in [1.54, 1.807) is 19.4 Å². The zero-order valence-electron chi connectivity index (χ0n) is 15.6. The number of H-pyrrole nitrogens is 1. The summed E-state index contributed by atoms with van der Waals surface area (Å²) in [5.74, 6) is -2.59. The molecule has 3 heterocycles. The maximum atomic E-state index is 14.2. The molecule has 0 spiro atoms. The minimum absolute atomic E-state index is 0.106. The number of aromatic nitrogens is 4. The van der Waals surface area contributed by atoms with Gasteiger partial charge in [0.15, 0.2) is 5.82 Å². The van der Waals surface area contributed by atoms with Crippen molar-refractivity contribution in [3.63, 3.8) is 0 Å². The number of nitrogens with zero attached hydrogens (tertiary/aromatic N) is 3. The van der Waals surface area contributed by atoms with Gasteiger partial charge in [0.25, 0.3) is 0 Å². The van der Waals surface area contributed by atoms with E-state index in [-0.39, 0.29) is 6.54 Å². The first-order chi connectivity index (χ1) is 13.9. The number of nitrogens with one attached hydrogen (secondary N) is 3. The van der Waals surface area contributed by atoms with Gasteiger partial charge in [0.05, 0.1) is 12.0 Å². The van der Waals surface area contributed by atoms with E-state index in [4.69, 9.17) is 5.11 Å². The van der Waals surface area contributed by atoms with Crippen LogP contribution in [0.25, 0.3) is 33.3 Å². The minimum Gasteiger partial charge on any atom is -0.474 e. The van der Waals surface area contributed by atoms with E-state index in [1.807, 2.05) is 17.7 Å². The van der Waals surface area contributed by atoms with Crippen LogP contribution in [-0.2, 0) is 23.2 Å². The molecule has 148 valence electrons. The summed E-state index contributed by atoms with van der Waals surface area (Å²) in [7, 11) is 3.59. The fraction of sp³-hybridized carbons (Fsp3) is 0.158. The van der Waals surface area contributed by atoms with Crippen molar-refractivity contribution in [3.05, 3.63) is 42.0 Å². The van der Waals surface area contributed by atoms with Gasteiger partial charge in [-0.15, -0.1) is 0 Å². The van der Waals surface area contributed by atoms with Crippen molar-refractivity contribution in [3.8, 4) is 11.3 Å². The monoisotopic (exact) mass is 396 g/mol. The molecule has 0 aliphatic carbocycles. The molecule has 4 N–H and O–H groups in total. The lowest BCUT2D eigenvalue weighted by atomic mass is 10.1. The Morgan fingerprint density at radius 1 is 1.28 bits per heavy atom. The van der Waals surface area contributed by atoms with Crippen molar-refractivity contribution in [1.82, 2.24) is 24.8 Å². The summed E-state index contributed by atoms with van der Waals surface area (Å²) < 4.78 is 16.1. The Labute approximate surface area is 163 Å². The molecule has 9 nitrogen and oxygen atoms in total. The van der Waals surface area contributed by atoms with Crippen LogP contribution in [0.15, 0.2) is 30.6 Å². The Balaban J connectivity index is 1.81. The second-order valence-corrected chi connectivity index (χ2v) is 6.50. The van der Waals surface area contributed by atoms with Crippen LogP contribution >= 0.6 is 0 Å². The number of carbonyl (C=O) groups excluding carboxylic acids is 1. The summed E-state index contributed by atoms with van der Waals surface area (Å²) in [4.78, 5) is 34.0. The molecule has 0 radical (unpaired) electrons. The van der Waals surface area contributed by atoms with Crippen LogP contribution < -0.4 is 10.6 Å². The fourth-order valence-electron chi connectivity index (χ4n) is 3.36. The summed E-state index contributed by atoms with van der Waals surface area (Å²) >= 11 is 0. The number of amides is 1. The smallest absolute Gasteiger partial charge is 0.394 e. The van der Waals surface area contributed by atoms with Crippen molar-refractivity contribution < 1.29 is 19.1 Å². The first kappa shape index (κ1) is 18.4. The predicted molar refractivity (Wildman–Crippen MR) is 105 cm³/mol. The highest BCUT2D eigenvalue weighted by Gasteiger charge is 2.17. The van der Waals surface area contributed by atoms with Crippen LogP contribution in [0.4, 0.5) is 10.2 Å². The predicted octanol–water partition coefficient (Wildman–Crippen LogP) is 2.00. The molecule has 29 heavy (non-hydrogen) atoms. The highest BCUT2D eigenvalue weighted by molar-refractivity contribution is 6.31. The Kier molecular flexibility index (Phi) is 4.38. The molecule has 0 unspecified atom stereocenters. The number of anilines is 1. The Hall–Kier alpha value is -3.95. The van der Waals surface area contributed by atoms with E-state index in [0.717, 1.165) is 16.4 Å². The minimum atomic E-state index is -1.59. The third kappa shape index (κ3) is 3.14. The van der Waals surface area contributed by atoms with Gasteiger partial charge in [0.1, 0.15) is 22.5 Å². The van der Waals surface area contributed by atoms with Gasteiger partial charge in [-0.3, -0.25) is 4.79 Å². The summed E-state index contributed by atoms with van der Waals surface area (Å²) in [6, 6.07) is 6.19. The van der Waals surface area contributed by atoms with Crippen molar-refractivity contribution in [1.29, 1.82) is 0 Å². The van der Waals surface area contributed by atoms with Crippen molar-refractivity contribution >= 4 is 39.8 Å². The number of carbonyl (C=O) groups is 2. The molecule has 0 atom stereocenters. The second-order valence-electron chi connectivity index (χ2n) is 6.50. The number of aliphatic carboxylic acids is 1. The SMILES string of the molecule is CNc1nc2c(cc(-c3cc(F)cc(CNC(=O)C(=O)O)c3)n2C)c2nc[nH]c12. The van der Waals surface area contributed by atoms with E-state index in [1.165, 1.54) is 12.1 Å². The largest absolute Gasteiger partial charge is 0.474 e. The van der Waals surface area contributed by atoms with Gasteiger partial charge in [-0.25, -0.2) is 19.2 Å². The summed E-state index contributed by atoms with van der Waals surface area (Å²) in [5, 5.41) is 14.7. The Bertz CT molecular complexity index is 1280. The van der Waals surface area contributed by atoms with Crippen LogP contribution in [0.1, 0.15) is 5.56 Å². The number of hydrogen-bond donors (Lipinski definition) is 4. The lowest BCUT2D eigenvalue weighted by Crippen LogP contribution is -2.30. The van der Waals surface area contributed by atoms with Gasteiger partial charge >= 0.3 is 11.9 Å². The Morgan fingerprint density at radius 3 is 2.79 bits per heavy atom. The van der Waals surface area contributed by atoms with Gasteiger partial charge in [-0.2, -0.15) is 0 Å². The average molecular weight is 396 g/mol. The van der Waals surface area contributed by atoms with Crippen molar-refractivity contribution in [2.75, 3.05) is 12.4 Å². The molecular weight excluding hydrogens is 379 g/mol. The molecule has 4 aromatic rings. The summed E-state index contributed by atoms with van der Waals surface area (Å²) in [6.45, 7) is -0.106. The fourth-order valence-corrected chi connectivity index (χ4v) is 3.36. The molecule has 0 saturated carbocycles. The number of fused-ring (bicyclic) bond motifs is 3. The molecule has 0 saturated heterocycles. The van der Waals surface area contributed by atoms with Crippen LogP contribution in [-0.4, -0.2) is 43.5 Å². The topological polar surface area (TPSA) is 125 Å². The van der Waals surface area contributed by atoms with Crippen LogP contribution in [0.5, 0.6) is 0 Å². The number of aryl methyl sites for hydroxylation is 1. The maximum absolute atomic E-state index is 14.2. The number of aromatic amines is 1. The van der Waals surface area contributed by atoms with E-state index in [2.05, 4.69) is 25.6 Å². The number of carboxylic acids is 1. The number of hydrogen-bond acceptors (Lipinski definition) is 5. The molecule has 0 fully saturated rings. The molecule has 4 rings (SSSR count). The van der Waals surface area contributed by atoms with Gasteiger partial charge in [0.2, 0.25) is 0 Å². The van der Waals surface area contributed by atoms with Crippen LogP contribution in [0.2, 0.25) is 0 Å². The zero-order valence-corrected chi connectivity index (χ0v) is 15.6. The lowest BCUT2D eigenvalue weighted by molar-refractivity contribution is -0.150. The van der Waals surface area contributed by atoms with Gasteiger partial charge in [-0.05, 0) is 29.8 Å². The van der Waals surface area contributed by atoms with Crippen LogP contribution in [0.3, 0.4) is 0 Å². The van der Waals surface area contributed by atoms with E-state index in [9.17, 15) is 14.0 Å². The molecule has 10 heteroatoms. The van der Waals surface area contributed by atoms with E-state index < -0.39 is 17.7 Å². The number of halogens is 1. The number of benzene rings is 1. The normalized spacial score (nSPS) is 11.1. The second kappa shape index (κ2) is 6.89. The zero-order chi connectivity index (χ0) is 20.7. The first-order valence-electron chi connectivity index (χ1n) is 8.70. The quantitative estimate of drug-likeness (QED) is 0.391. The average Bonchev–Trinajstić information content (AvgIpc) is 3.30. The third-order valence-corrected chi connectivity index (χ3v) is 4.69.